The molecule has 0 bridgehead atoms. The maximum absolute atomic E-state index is 13.2. The van der Waals surface area contributed by atoms with Gasteiger partial charge in [-0.25, -0.2) is 9.59 Å². The van der Waals surface area contributed by atoms with Gasteiger partial charge in [-0.15, -0.1) is 11.8 Å². The zero-order valence-electron chi connectivity index (χ0n) is 48.3. The third-order valence-corrected chi connectivity index (χ3v) is 12.8. The van der Waals surface area contributed by atoms with Crippen LogP contribution in [-0.4, -0.2) is 262 Å². The summed E-state index contributed by atoms with van der Waals surface area (Å²) in [4.78, 5) is 65.8. The van der Waals surface area contributed by atoms with Crippen molar-refractivity contribution in [2.24, 2.45) is 0 Å². The lowest BCUT2D eigenvalue weighted by molar-refractivity contribution is -0.138. The van der Waals surface area contributed by atoms with Crippen molar-refractivity contribution in [3.63, 3.8) is 0 Å². The monoisotopic (exact) mass is 1150 g/mol. The van der Waals surface area contributed by atoms with E-state index < -0.39 is 29.6 Å². The topological polar surface area (TPSA) is 254 Å². The summed E-state index contributed by atoms with van der Waals surface area (Å²) in [6, 6.07) is 0. The summed E-state index contributed by atoms with van der Waals surface area (Å²) in [5, 5.41) is 4.78. The summed E-state index contributed by atoms with van der Waals surface area (Å²) in [5.74, 6) is -0.109. The first-order chi connectivity index (χ1) is 38.4. The van der Waals surface area contributed by atoms with E-state index in [0.29, 0.717) is 149 Å². The molecular weight excluding hydrogens is 1060 g/mol. The molecule has 458 valence electrons. The van der Waals surface area contributed by atoms with E-state index in [1.165, 1.54) is 34.7 Å². The Labute approximate surface area is 473 Å². The maximum atomic E-state index is 13.2. The average molecular weight is 1150 g/mol. The predicted molar refractivity (Wildman–Crippen MR) is 296 cm³/mol. The van der Waals surface area contributed by atoms with Crippen molar-refractivity contribution in [3.05, 3.63) is 36.6 Å². The van der Waals surface area contributed by atoms with Gasteiger partial charge in [-0.2, -0.15) is 0 Å². The Morgan fingerprint density at radius 3 is 1.65 bits per heavy atom. The average Bonchev–Trinajstić information content (AvgIpc) is 3.71. The molecule has 0 spiro atoms. The van der Waals surface area contributed by atoms with Crippen LogP contribution in [0.4, 0.5) is 9.59 Å². The number of carbonyl (C=O) groups is 5. The molecule has 1 saturated heterocycles. The molecule has 5 unspecified atom stereocenters. The maximum Gasteiger partial charge on any atom is 0.415 e. The van der Waals surface area contributed by atoms with Gasteiger partial charge in [0.2, 0.25) is 17.7 Å². The van der Waals surface area contributed by atoms with Gasteiger partial charge in [-0.3, -0.25) is 19.3 Å². The van der Waals surface area contributed by atoms with Crippen molar-refractivity contribution < 1.29 is 95.0 Å². The quantitative estimate of drug-likeness (QED) is 0.0378. The van der Waals surface area contributed by atoms with Crippen LogP contribution in [0.25, 0.3) is 0 Å². The van der Waals surface area contributed by atoms with Crippen LogP contribution in [-0.2, 0) is 85.4 Å². The zero-order valence-corrected chi connectivity index (χ0v) is 49.2. The van der Waals surface area contributed by atoms with E-state index in [0.717, 1.165) is 12.8 Å². The van der Waals surface area contributed by atoms with Crippen molar-refractivity contribution >= 4 is 41.7 Å². The molecule has 1 fully saturated rings. The number of hydrogen-bond acceptors (Lipinski definition) is 21. The molecule has 5 atom stereocenters. The number of allylic oxidation sites excluding steroid dienone is 1. The van der Waals surface area contributed by atoms with Gasteiger partial charge in [0, 0.05) is 81.1 Å². The number of alkyl carbamates (subject to hydrolysis) is 1. The molecule has 5 amide bonds. The lowest BCUT2D eigenvalue weighted by Crippen LogP contribution is -2.36. The zero-order chi connectivity index (χ0) is 58.1. The molecule has 0 aliphatic carbocycles. The molecule has 25 heteroatoms. The van der Waals surface area contributed by atoms with Crippen LogP contribution >= 0.6 is 11.8 Å². The van der Waals surface area contributed by atoms with Crippen LogP contribution in [0, 0.1) is 0 Å². The molecule has 1 aliphatic rings. The Bertz CT molecular complexity index is 1660. The summed E-state index contributed by atoms with van der Waals surface area (Å²) in [6.45, 7) is 19.6. The Kier molecular flexibility index (Phi) is 46.3. The highest BCUT2D eigenvalue weighted by molar-refractivity contribution is 8.00. The fourth-order valence-electron chi connectivity index (χ4n) is 7.06. The second-order valence-electron chi connectivity index (χ2n) is 17.7. The number of rotatable bonds is 54. The Morgan fingerprint density at radius 1 is 0.658 bits per heavy atom. The minimum Gasteiger partial charge on any atom is -0.441 e. The molecule has 0 radical (unpaired) electrons. The van der Waals surface area contributed by atoms with Gasteiger partial charge >= 0.3 is 12.2 Å². The van der Waals surface area contributed by atoms with Crippen molar-refractivity contribution in [1.29, 1.82) is 0 Å². The molecule has 79 heavy (non-hydrogen) atoms. The molecular formula is C54H96N4O20S. The lowest BCUT2D eigenvalue weighted by atomic mass is 10.0. The van der Waals surface area contributed by atoms with Crippen LogP contribution in [0.2, 0.25) is 0 Å². The Hall–Kier alpha value is -3.80. The van der Waals surface area contributed by atoms with Crippen molar-refractivity contribution in [3.8, 4) is 0 Å². The second-order valence-corrected chi connectivity index (χ2v) is 19.0. The standard InChI is InChI=1S/C54H96N4O20S/c1-10-57(11-2)54(63)77-44(4)18-17-43(3)48(78-53(62)55-5)16-13-12-14-35-79-49-36-51(60)58(52(49)61)21-19-50(59)56-20-15-22-68-37-45(76-34-31-73-42-47(75-33-26-67-9)39-70-28-24-65-7)40-71-29-30-72-41-46(74-32-25-66-8)38-69-27-23-64-6/h17-18,45-49H,3-4,10-16,19-42H2,1-2,5-9H3,(H,55,62)(H,56,59)/b18-17-. The van der Waals surface area contributed by atoms with Crippen molar-refractivity contribution in [1.82, 2.24) is 20.4 Å². The number of nitrogens with one attached hydrogen (secondary N) is 2. The Morgan fingerprint density at radius 2 is 1.14 bits per heavy atom. The van der Waals surface area contributed by atoms with E-state index in [1.54, 1.807) is 34.5 Å². The first-order valence-electron chi connectivity index (χ1n) is 27.3. The van der Waals surface area contributed by atoms with Gasteiger partial charge in [-0.05, 0) is 56.9 Å². The SMILES string of the molecule is C=C(/C=C\C(=C)C(CCCCCSC1CC(=O)N(CCC(=O)NCCCOCC(COCCOCC(COCCOC)OCCOC)OCCOCC(COCCOC)OCCOC)C1=O)OC(=O)NC)OC(=O)N(CC)CC. The smallest absolute Gasteiger partial charge is 0.415 e. The van der Waals surface area contributed by atoms with E-state index in [2.05, 4.69) is 23.8 Å². The van der Waals surface area contributed by atoms with E-state index >= 15 is 0 Å². The molecule has 1 rings (SSSR count). The minimum atomic E-state index is -0.630. The van der Waals surface area contributed by atoms with Crippen molar-refractivity contribution in [2.75, 3.05) is 193 Å². The van der Waals surface area contributed by atoms with Crippen LogP contribution in [0.15, 0.2) is 36.6 Å². The van der Waals surface area contributed by atoms with Gasteiger partial charge in [0.15, 0.2) is 0 Å². The molecule has 0 aromatic rings. The first-order valence-corrected chi connectivity index (χ1v) is 28.3. The highest BCUT2D eigenvalue weighted by atomic mass is 32.2. The number of carbonyl (C=O) groups excluding carboxylic acids is 5. The third-order valence-electron chi connectivity index (χ3n) is 11.5. The van der Waals surface area contributed by atoms with E-state index in [4.69, 9.17) is 71.1 Å². The van der Waals surface area contributed by atoms with Crippen LogP contribution in [0.3, 0.4) is 0 Å². The van der Waals surface area contributed by atoms with Crippen LogP contribution in [0.5, 0.6) is 0 Å². The fourth-order valence-corrected chi connectivity index (χ4v) is 8.24. The molecule has 2 N–H and O–H groups in total. The highest BCUT2D eigenvalue weighted by Gasteiger charge is 2.38. The van der Waals surface area contributed by atoms with E-state index in [-0.39, 0.29) is 81.5 Å². The molecule has 0 saturated carbocycles. The summed E-state index contributed by atoms with van der Waals surface area (Å²) in [7, 11) is 7.90. The normalized spacial score (nSPS) is 15.1. The number of methoxy groups -OCH3 is 4. The summed E-state index contributed by atoms with van der Waals surface area (Å²) in [6.07, 6.45) is 3.64. The molecule has 1 heterocycles. The fraction of sp³-hybridized carbons (Fsp3) is 0.796. The summed E-state index contributed by atoms with van der Waals surface area (Å²) < 4.78 is 83.7. The number of nitrogens with zero attached hydrogens (tertiary/aromatic N) is 2. The number of likely N-dealkylation sites (tertiary alicyclic amines) is 1. The largest absolute Gasteiger partial charge is 0.441 e. The van der Waals surface area contributed by atoms with Gasteiger partial charge < -0.3 is 86.6 Å². The van der Waals surface area contributed by atoms with Gasteiger partial charge in [0.25, 0.3) is 0 Å². The van der Waals surface area contributed by atoms with Gasteiger partial charge in [0.05, 0.1) is 124 Å². The first kappa shape index (κ1) is 73.2. The summed E-state index contributed by atoms with van der Waals surface area (Å²) >= 11 is 1.42. The number of unbranched alkanes of at least 4 members (excludes halogenated alkanes) is 2. The van der Waals surface area contributed by atoms with E-state index in [9.17, 15) is 24.0 Å². The van der Waals surface area contributed by atoms with Crippen molar-refractivity contribution in [2.45, 2.75) is 88.5 Å². The molecule has 24 nitrogen and oxygen atoms in total. The van der Waals surface area contributed by atoms with E-state index in [1.807, 2.05) is 13.8 Å². The lowest BCUT2D eigenvalue weighted by Gasteiger charge is -2.21. The minimum absolute atomic E-state index is 0.00268. The number of thioether (sulfide) groups is 1. The number of hydrogen-bond donors (Lipinski definition) is 2. The molecule has 1 aliphatic heterocycles. The highest BCUT2D eigenvalue weighted by Crippen LogP contribution is 2.27. The predicted octanol–water partition coefficient (Wildman–Crippen LogP) is 3.97. The third kappa shape index (κ3) is 37.8. The number of imide groups is 1. The second kappa shape index (κ2) is 50.0. The van der Waals surface area contributed by atoms with Crippen LogP contribution in [0.1, 0.15) is 58.8 Å². The number of ether oxygens (including phenoxy) is 15. The molecule has 0 aromatic heterocycles. The molecule has 0 aromatic carbocycles. The van der Waals surface area contributed by atoms with Crippen LogP contribution < -0.4 is 10.6 Å². The summed E-state index contributed by atoms with van der Waals surface area (Å²) in [5.41, 5.74) is 0.502. The Balaban J connectivity index is 2.55. The van der Waals surface area contributed by atoms with Gasteiger partial charge in [0.1, 0.15) is 30.2 Å². The van der Waals surface area contributed by atoms with Gasteiger partial charge in [-0.1, -0.05) is 25.7 Å². The number of amides is 5.